The number of carbonyl (C=O) groups excluding carboxylic acids is 3. The number of amides is 2. The Labute approximate surface area is 164 Å². The maximum absolute atomic E-state index is 12.5. The summed E-state index contributed by atoms with van der Waals surface area (Å²) in [5, 5.41) is -0.509. The molecule has 2 amide bonds. The second-order valence-corrected chi connectivity index (χ2v) is 7.50. The summed E-state index contributed by atoms with van der Waals surface area (Å²) in [5.41, 5.74) is 0.636. The van der Waals surface area contributed by atoms with E-state index in [9.17, 15) is 14.4 Å². The minimum Gasteiger partial charge on any atom is -0.489 e. The number of esters is 1. The minimum absolute atomic E-state index is 0.217. The van der Waals surface area contributed by atoms with Gasteiger partial charge < -0.3 is 9.47 Å². The highest BCUT2D eigenvalue weighted by molar-refractivity contribution is 9.10. The normalized spacial score (nSPS) is 15.7. The van der Waals surface area contributed by atoms with Gasteiger partial charge >= 0.3 is 5.97 Å². The molecule has 1 aromatic carbocycles. The van der Waals surface area contributed by atoms with Crippen LogP contribution in [0.5, 0.6) is 5.75 Å². The molecule has 0 aliphatic carbocycles. The Balaban J connectivity index is 2.23. The number of halogens is 1. The van der Waals surface area contributed by atoms with Crippen LogP contribution in [0.3, 0.4) is 0 Å². The van der Waals surface area contributed by atoms with Crippen molar-refractivity contribution in [2.45, 2.75) is 20.0 Å². The van der Waals surface area contributed by atoms with Crippen LogP contribution in [0.4, 0.5) is 4.79 Å². The fourth-order valence-electron chi connectivity index (χ4n) is 2.12. The smallest absolute Gasteiger partial charge is 0.326 e. The summed E-state index contributed by atoms with van der Waals surface area (Å²) < 4.78 is 11.4. The summed E-state index contributed by atoms with van der Waals surface area (Å²) in [5.74, 6) is -0.601. The van der Waals surface area contributed by atoms with Gasteiger partial charge in [0.2, 0.25) is 0 Å². The van der Waals surface area contributed by atoms with Crippen LogP contribution >= 0.6 is 27.7 Å². The van der Waals surface area contributed by atoms with Gasteiger partial charge in [-0.25, -0.2) is 0 Å². The van der Waals surface area contributed by atoms with Gasteiger partial charge in [-0.05, 0) is 49.9 Å². The third-order valence-corrected chi connectivity index (χ3v) is 4.54. The van der Waals surface area contributed by atoms with E-state index in [1.54, 1.807) is 38.1 Å². The van der Waals surface area contributed by atoms with Gasteiger partial charge in [0.15, 0.2) is 0 Å². The van der Waals surface area contributed by atoms with Crippen molar-refractivity contribution < 1.29 is 23.9 Å². The summed E-state index contributed by atoms with van der Waals surface area (Å²) in [6.45, 7) is 6.91. The number of carbonyl (C=O) groups is 3. The molecule has 1 heterocycles. The lowest BCUT2D eigenvalue weighted by atomic mass is 10.2. The molecule has 1 saturated heterocycles. The van der Waals surface area contributed by atoms with Gasteiger partial charge in [0.25, 0.3) is 11.1 Å². The Morgan fingerprint density at radius 2 is 2.12 bits per heavy atom. The summed E-state index contributed by atoms with van der Waals surface area (Å²) in [4.78, 5) is 37.4. The van der Waals surface area contributed by atoms with E-state index in [0.717, 1.165) is 21.1 Å². The Bertz CT molecular complexity index is 775. The van der Waals surface area contributed by atoms with E-state index in [2.05, 4.69) is 22.5 Å². The van der Waals surface area contributed by atoms with E-state index < -0.39 is 23.7 Å². The average Bonchev–Trinajstić information content (AvgIpc) is 2.81. The van der Waals surface area contributed by atoms with Crippen molar-refractivity contribution in [3.05, 3.63) is 45.8 Å². The molecule has 1 aliphatic rings. The van der Waals surface area contributed by atoms with Crippen LogP contribution in [0, 0.1) is 0 Å². The van der Waals surface area contributed by atoms with Gasteiger partial charge in [0.1, 0.15) is 18.9 Å². The first-order chi connectivity index (χ1) is 12.3. The molecule has 1 aromatic rings. The van der Waals surface area contributed by atoms with E-state index in [4.69, 9.17) is 9.47 Å². The number of ether oxygens (including phenoxy) is 2. The fraction of sp³-hybridized carbons (Fsp3) is 0.278. The van der Waals surface area contributed by atoms with Crippen molar-refractivity contribution in [3.8, 4) is 5.75 Å². The van der Waals surface area contributed by atoms with Gasteiger partial charge in [-0.3, -0.25) is 19.3 Å². The summed E-state index contributed by atoms with van der Waals surface area (Å²) >= 11 is 4.15. The molecule has 0 unspecified atom stereocenters. The molecule has 0 saturated carbocycles. The molecule has 0 radical (unpaired) electrons. The van der Waals surface area contributed by atoms with Crippen molar-refractivity contribution in [1.82, 2.24) is 4.90 Å². The Hall–Kier alpha value is -2.06. The van der Waals surface area contributed by atoms with Crippen molar-refractivity contribution in [1.29, 1.82) is 0 Å². The molecule has 1 aliphatic heterocycles. The highest BCUT2D eigenvalue weighted by Gasteiger charge is 2.37. The zero-order chi connectivity index (χ0) is 19.3. The quantitative estimate of drug-likeness (QED) is 0.363. The largest absolute Gasteiger partial charge is 0.489 e. The van der Waals surface area contributed by atoms with Gasteiger partial charge in [-0.2, -0.15) is 0 Å². The lowest BCUT2D eigenvalue weighted by Crippen LogP contribution is -2.35. The van der Waals surface area contributed by atoms with Crippen molar-refractivity contribution in [2.75, 3.05) is 13.2 Å². The highest BCUT2D eigenvalue weighted by Crippen LogP contribution is 2.34. The Morgan fingerprint density at radius 1 is 1.38 bits per heavy atom. The third kappa shape index (κ3) is 5.22. The lowest BCUT2D eigenvalue weighted by molar-refractivity contribution is -0.149. The van der Waals surface area contributed by atoms with Gasteiger partial charge in [-0.15, -0.1) is 0 Å². The molecule has 0 aromatic heterocycles. The maximum atomic E-state index is 12.5. The summed E-state index contributed by atoms with van der Waals surface area (Å²) in [6.07, 6.45) is 2.87. The first-order valence-corrected chi connectivity index (χ1v) is 9.41. The zero-order valence-corrected chi connectivity index (χ0v) is 16.8. The number of imide groups is 1. The van der Waals surface area contributed by atoms with Crippen molar-refractivity contribution in [3.63, 3.8) is 0 Å². The molecule has 26 heavy (non-hydrogen) atoms. The SMILES string of the molecule is C=CCOc1ccc(Br)cc1/C=C1/SC(=O)N(CC(=O)OC(C)C)C1=O. The lowest BCUT2D eigenvalue weighted by Gasteiger charge is -2.13. The minimum atomic E-state index is -0.624. The Kier molecular flexibility index (Phi) is 7.05. The molecule has 1 fully saturated rings. The second-order valence-electron chi connectivity index (χ2n) is 5.59. The molecule has 2 rings (SSSR count). The predicted octanol–water partition coefficient (Wildman–Crippen LogP) is 4.00. The molecule has 0 spiro atoms. The van der Waals surface area contributed by atoms with Crippen LogP contribution in [-0.4, -0.2) is 41.3 Å². The number of benzene rings is 1. The number of rotatable bonds is 7. The Morgan fingerprint density at radius 3 is 2.77 bits per heavy atom. The molecule has 8 heteroatoms. The zero-order valence-electron chi connectivity index (χ0n) is 14.4. The topological polar surface area (TPSA) is 72.9 Å². The summed E-state index contributed by atoms with van der Waals surface area (Å²) in [7, 11) is 0. The van der Waals surface area contributed by atoms with Gasteiger partial charge in [-0.1, -0.05) is 28.6 Å². The number of thioether (sulfide) groups is 1. The van der Waals surface area contributed by atoms with E-state index >= 15 is 0 Å². The molecule has 138 valence electrons. The van der Waals surface area contributed by atoms with E-state index in [-0.39, 0.29) is 11.0 Å². The molecular weight excluding hydrogens is 422 g/mol. The van der Waals surface area contributed by atoms with Crippen LogP contribution in [0.25, 0.3) is 6.08 Å². The standard InChI is InChI=1S/C18H18BrNO5S/c1-4-7-24-14-6-5-13(19)8-12(14)9-15-17(22)20(18(23)26-15)10-16(21)25-11(2)3/h4-6,8-9,11H,1,7,10H2,2-3H3/b15-9+. The molecule has 0 bridgehead atoms. The summed E-state index contributed by atoms with van der Waals surface area (Å²) in [6, 6.07) is 5.34. The second kappa shape index (κ2) is 9.05. The molecule has 0 N–H and O–H groups in total. The van der Waals surface area contributed by atoms with Crippen LogP contribution < -0.4 is 4.74 Å². The first-order valence-electron chi connectivity index (χ1n) is 7.80. The van der Waals surface area contributed by atoms with Crippen LogP contribution in [0.15, 0.2) is 40.2 Å². The third-order valence-electron chi connectivity index (χ3n) is 3.14. The average molecular weight is 440 g/mol. The molecule has 6 nitrogen and oxygen atoms in total. The predicted molar refractivity (Wildman–Crippen MR) is 104 cm³/mol. The van der Waals surface area contributed by atoms with Crippen LogP contribution in [0.1, 0.15) is 19.4 Å². The van der Waals surface area contributed by atoms with Gasteiger partial charge in [0, 0.05) is 10.0 Å². The maximum Gasteiger partial charge on any atom is 0.326 e. The monoisotopic (exact) mass is 439 g/mol. The fourth-order valence-corrected chi connectivity index (χ4v) is 3.33. The van der Waals surface area contributed by atoms with E-state index in [0.29, 0.717) is 17.9 Å². The molecular formula is C18H18BrNO5S. The van der Waals surface area contributed by atoms with Crippen molar-refractivity contribution in [2.24, 2.45) is 0 Å². The number of hydrogen-bond donors (Lipinski definition) is 0. The number of hydrogen-bond acceptors (Lipinski definition) is 6. The van der Waals surface area contributed by atoms with Crippen LogP contribution in [-0.2, 0) is 14.3 Å². The molecule has 0 atom stereocenters. The highest BCUT2D eigenvalue weighted by atomic mass is 79.9. The van der Waals surface area contributed by atoms with Crippen LogP contribution in [0.2, 0.25) is 0 Å². The number of nitrogens with zero attached hydrogens (tertiary/aromatic N) is 1. The van der Waals surface area contributed by atoms with E-state index in [1.165, 1.54) is 0 Å². The first kappa shape index (κ1) is 20.3. The van der Waals surface area contributed by atoms with Crippen molar-refractivity contribution >= 4 is 50.9 Å². The van der Waals surface area contributed by atoms with Gasteiger partial charge in [0.05, 0.1) is 11.0 Å². The van der Waals surface area contributed by atoms with E-state index in [1.807, 2.05) is 6.07 Å².